The SMILES string of the molecule is C=CCOC(=O)C1=C[C@H](c2ccccc2)C[C@H](OCCCCO)O1. The highest BCUT2D eigenvalue weighted by Gasteiger charge is 2.29. The number of carbonyl (C=O) groups excluding carboxylic acids is 1. The standard InChI is InChI=1S/C19H24O5/c1-2-11-23-19(21)17-13-16(15-8-4-3-5-9-15)14-18(24-17)22-12-7-6-10-20/h2-5,8-9,13,16,18,20H,1,6-7,10-12,14H2/t16-,18+/m0/s1. The first-order chi connectivity index (χ1) is 11.7. The minimum atomic E-state index is -0.514. The second-order valence-corrected chi connectivity index (χ2v) is 5.52. The van der Waals surface area contributed by atoms with Gasteiger partial charge in [0.2, 0.25) is 12.0 Å². The van der Waals surface area contributed by atoms with E-state index in [2.05, 4.69) is 6.58 Å². The molecule has 0 spiro atoms. The van der Waals surface area contributed by atoms with Crippen molar-refractivity contribution in [2.75, 3.05) is 19.8 Å². The van der Waals surface area contributed by atoms with Gasteiger partial charge in [0.15, 0.2) is 0 Å². The number of ether oxygens (including phenoxy) is 3. The van der Waals surface area contributed by atoms with Crippen LogP contribution in [0, 0.1) is 0 Å². The van der Waals surface area contributed by atoms with Gasteiger partial charge in [0, 0.05) is 18.9 Å². The number of aliphatic hydroxyl groups excluding tert-OH is 1. The van der Waals surface area contributed by atoms with E-state index in [0.717, 1.165) is 12.0 Å². The fourth-order valence-electron chi connectivity index (χ4n) is 2.47. The maximum absolute atomic E-state index is 12.1. The number of unbranched alkanes of at least 4 members (excludes halogenated alkanes) is 1. The van der Waals surface area contributed by atoms with Crippen LogP contribution >= 0.6 is 0 Å². The number of aliphatic hydroxyl groups is 1. The molecule has 0 aliphatic carbocycles. The lowest BCUT2D eigenvalue weighted by Crippen LogP contribution is -2.28. The molecule has 130 valence electrons. The third kappa shape index (κ3) is 5.51. The van der Waals surface area contributed by atoms with Crippen molar-refractivity contribution < 1.29 is 24.1 Å². The maximum Gasteiger partial charge on any atom is 0.373 e. The predicted octanol–water partition coefficient (Wildman–Crippen LogP) is 2.92. The summed E-state index contributed by atoms with van der Waals surface area (Å²) < 4.78 is 16.4. The van der Waals surface area contributed by atoms with E-state index >= 15 is 0 Å². The van der Waals surface area contributed by atoms with Gasteiger partial charge in [0.05, 0.1) is 6.61 Å². The van der Waals surface area contributed by atoms with Gasteiger partial charge in [-0.05, 0) is 24.5 Å². The Balaban J connectivity index is 2.07. The molecule has 0 radical (unpaired) electrons. The summed E-state index contributed by atoms with van der Waals surface area (Å²) in [7, 11) is 0. The van der Waals surface area contributed by atoms with Crippen molar-refractivity contribution in [3.8, 4) is 0 Å². The van der Waals surface area contributed by atoms with E-state index in [0.29, 0.717) is 19.4 Å². The van der Waals surface area contributed by atoms with Gasteiger partial charge >= 0.3 is 5.97 Å². The van der Waals surface area contributed by atoms with E-state index in [1.165, 1.54) is 6.08 Å². The highest BCUT2D eigenvalue weighted by molar-refractivity contribution is 5.86. The summed E-state index contributed by atoms with van der Waals surface area (Å²) in [6, 6.07) is 9.91. The van der Waals surface area contributed by atoms with Crippen LogP contribution in [0.3, 0.4) is 0 Å². The zero-order valence-corrected chi connectivity index (χ0v) is 13.7. The highest BCUT2D eigenvalue weighted by Crippen LogP contribution is 2.31. The van der Waals surface area contributed by atoms with Crippen LogP contribution in [0.15, 0.2) is 54.8 Å². The van der Waals surface area contributed by atoms with Crippen LogP contribution in [0.5, 0.6) is 0 Å². The van der Waals surface area contributed by atoms with Crippen LogP contribution in [0.25, 0.3) is 0 Å². The van der Waals surface area contributed by atoms with Crippen LogP contribution in [-0.2, 0) is 19.0 Å². The Morgan fingerprint density at radius 3 is 2.83 bits per heavy atom. The predicted molar refractivity (Wildman–Crippen MR) is 90.2 cm³/mol. The summed E-state index contributed by atoms with van der Waals surface area (Å²) in [6.07, 6.45) is 4.84. The number of esters is 1. The van der Waals surface area contributed by atoms with Crippen LogP contribution in [0.2, 0.25) is 0 Å². The number of rotatable bonds is 9. The maximum atomic E-state index is 12.1. The van der Waals surface area contributed by atoms with Gasteiger partial charge in [-0.2, -0.15) is 0 Å². The van der Waals surface area contributed by atoms with Crippen molar-refractivity contribution in [2.24, 2.45) is 0 Å². The van der Waals surface area contributed by atoms with Crippen molar-refractivity contribution in [3.05, 3.63) is 60.4 Å². The molecule has 0 fully saturated rings. The third-order valence-corrected chi connectivity index (χ3v) is 3.67. The molecule has 24 heavy (non-hydrogen) atoms. The largest absolute Gasteiger partial charge is 0.458 e. The molecule has 2 rings (SSSR count). The zero-order chi connectivity index (χ0) is 17.2. The summed E-state index contributed by atoms with van der Waals surface area (Å²) in [5.41, 5.74) is 1.10. The summed E-state index contributed by atoms with van der Waals surface area (Å²) in [4.78, 5) is 12.1. The van der Waals surface area contributed by atoms with E-state index in [1.54, 1.807) is 6.08 Å². The smallest absolute Gasteiger partial charge is 0.373 e. The molecule has 1 aliphatic rings. The van der Waals surface area contributed by atoms with Gasteiger partial charge in [-0.15, -0.1) is 0 Å². The Morgan fingerprint density at radius 1 is 1.33 bits per heavy atom. The van der Waals surface area contributed by atoms with Gasteiger partial charge in [-0.1, -0.05) is 43.0 Å². The minimum Gasteiger partial charge on any atom is -0.458 e. The first-order valence-electron chi connectivity index (χ1n) is 8.18. The quantitative estimate of drug-likeness (QED) is 0.428. The Hall–Kier alpha value is -2.11. The Morgan fingerprint density at radius 2 is 2.12 bits per heavy atom. The normalized spacial score (nSPS) is 20.0. The van der Waals surface area contributed by atoms with E-state index in [-0.39, 0.29) is 24.9 Å². The number of carbonyl (C=O) groups is 1. The van der Waals surface area contributed by atoms with Crippen LogP contribution in [0.4, 0.5) is 0 Å². The molecular weight excluding hydrogens is 308 g/mol. The van der Waals surface area contributed by atoms with Crippen molar-refractivity contribution >= 4 is 5.97 Å². The van der Waals surface area contributed by atoms with E-state index in [4.69, 9.17) is 19.3 Å². The molecule has 0 unspecified atom stereocenters. The molecule has 1 heterocycles. The average molecular weight is 332 g/mol. The van der Waals surface area contributed by atoms with Gasteiger partial charge in [0.25, 0.3) is 0 Å². The first-order valence-corrected chi connectivity index (χ1v) is 8.18. The third-order valence-electron chi connectivity index (χ3n) is 3.67. The summed E-state index contributed by atoms with van der Waals surface area (Å²) >= 11 is 0. The van der Waals surface area contributed by atoms with Crippen molar-refractivity contribution in [3.63, 3.8) is 0 Å². The lowest BCUT2D eigenvalue weighted by atomic mass is 9.93. The highest BCUT2D eigenvalue weighted by atomic mass is 16.7. The Labute approximate surface area is 142 Å². The summed E-state index contributed by atoms with van der Waals surface area (Å²) in [5.74, 6) is -0.322. The molecule has 2 atom stereocenters. The first kappa shape index (κ1) is 18.2. The molecule has 5 heteroatoms. The molecule has 1 aromatic rings. The second-order valence-electron chi connectivity index (χ2n) is 5.52. The van der Waals surface area contributed by atoms with Gasteiger partial charge in [0.1, 0.15) is 6.61 Å². The van der Waals surface area contributed by atoms with Crippen molar-refractivity contribution in [2.45, 2.75) is 31.5 Å². The molecule has 0 bridgehead atoms. The summed E-state index contributed by atoms with van der Waals surface area (Å²) in [5, 5.41) is 8.83. The molecule has 1 N–H and O–H groups in total. The Bertz CT molecular complexity index is 552. The molecule has 1 aliphatic heterocycles. The van der Waals surface area contributed by atoms with Crippen LogP contribution in [0.1, 0.15) is 30.7 Å². The lowest BCUT2D eigenvalue weighted by Gasteiger charge is -2.29. The number of benzene rings is 1. The van der Waals surface area contributed by atoms with E-state index in [1.807, 2.05) is 30.3 Å². The van der Waals surface area contributed by atoms with Crippen molar-refractivity contribution in [1.82, 2.24) is 0 Å². The fourth-order valence-corrected chi connectivity index (χ4v) is 2.47. The van der Waals surface area contributed by atoms with Crippen molar-refractivity contribution in [1.29, 1.82) is 0 Å². The fraction of sp³-hybridized carbons (Fsp3) is 0.421. The Kier molecular flexibility index (Phi) is 7.52. The molecule has 1 aromatic carbocycles. The molecule has 0 saturated heterocycles. The molecule has 0 amide bonds. The number of hydrogen-bond acceptors (Lipinski definition) is 5. The molecule has 5 nitrogen and oxygen atoms in total. The lowest BCUT2D eigenvalue weighted by molar-refractivity contribution is -0.160. The number of hydrogen-bond donors (Lipinski definition) is 1. The average Bonchev–Trinajstić information content (AvgIpc) is 2.63. The second kappa shape index (κ2) is 9.90. The number of allylic oxidation sites excluding steroid dienone is 1. The molecular formula is C19H24O5. The zero-order valence-electron chi connectivity index (χ0n) is 13.7. The topological polar surface area (TPSA) is 65.0 Å². The van der Waals surface area contributed by atoms with E-state index < -0.39 is 12.3 Å². The molecule has 0 aromatic heterocycles. The van der Waals surface area contributed by atoms with Gasteiger partial charge < -0.3 is 19.3 Å². The van der Waals surface area contributed by atoms with Crippen LogP contribution in [-0.4, -0.2) is 37.2 Å². The van der Waals surface area contributed by atoms with E-state index in [9.17, 15) is 4.79 Å². The van der Waals surface area contributed by atoms with Gasteiger partial charge in [-0.3, -0.25) is 0 Å². The summed E-state index contributed by atoms with van der Waals surface area (Å²) in [6.45, 7) is 4.28. The monoisotopic (exact) mass is 332 g/mol. The van der Waals surface area contributed by atoms with Crippen LogP contribution < -0.4 is 0 Å². The van der Waals surface area contributed by atoms with Gasteiger partial charge in [-0.25, -0.2) is 4.79 Å². The molecule has 0 saturated carbocycles. The minimum absolute atomic E-state index is 0.0223.